The maximum absolute atomic E-state index is 13.4. The number of piperidine rings is 1. The summed E-state index contributed by atoms with van der Waals surface area (Å²) in [6.45, 7) is 5.99. The molecule has 2 amide bonds. The molecule has 0 bridgehead atoms. The van der Waals surface area contributed by atoms with E-state index in [-0.39, 0.29) is 25.7 Å². The van der Waals surface area contributed by atoms with Crippen molar-refractivity contribution in [3.05, 3.63) is 28.8 Å². The Balaban J connectivity index is 2.09. The number of nitrogens with one attached hydrogen (secondary N) is 2. The summed E-state index contributed by atoms with van der Waals surface area (Å²) in [5, 5.41) is 13.5. The fraction of sp³-hybridized carbons (Fsp3) is 0.600. The van der Waals surface area contributed by atoms with Crippen LogP contribution >= 0.6 is 0 Å². The lowest BCUT2D eigenvalue weighted by atomic mass is 10.0. The van der Waals surface area contributed by atoms with Crippen LogP contribution in [-0.2, 0) is 19.6 Å². The average Bonchev–Trinajstić information content (AvgIpc) is 2.65. The van der Waals surface area contributed by atoms with Gasteiger partial charge in [-0.05, 0) is 51.2 Å². The molecule has 0 saturated carbocycles. The molecule has 0 aromatic heterocycles. The summed E-state index contributed by atoms with van der Waals surface area (Å²) in [7, 11) is -3.65. The minimum absolute atomic E-state index is 0.0101. The van der Waals surface area contributed by atoms with Crippen molar-refractivity contribution in [2.45, 2.75) is 57.4 Å². The topological polar surface area (TPSA) is 116 Å². The van der Waals surface area contributed by atoms with E-state index in [1.165, 1.54) is 0 Å². The third kappa shape index (κ3) is 5.77. The Labute approximate surface area is 172 Å². The first-order valence-corrected chi connectivity index (χ1v) is 11.4. The van der Waals surface area contributed by atoms with Crippen molar-refractivity contribution in [3.8, 4) is 0 Å². The molecule has 0 radical (unpaired) electrons. The molecule has 1 saturated heterocycles. The molecule has 1 aliphatic rings. The molecule has 1 aliphatic heterocycles. The first kappa shape index (κ1) is 23.3. The molecule has 2 rings (SSSR count). The second kappa shape index (κ2) is 10.2. The smallest absolute Gasteiger partial charge is 0.309 e. The number of hydrogen-bond donors (Lipinski definition) is 3. The van der Waals surface area contributed by atoms with Gasteiger partial charge >= 0.3 is 11.8 Å². The SMILES string of the molecule is Cc1cc(C)c(S(=O)(=O)N2CCCC[C@H]2CCNC(=O)C(=O)NCCO)c(C)c1. The number of hydrogen-bond acceptors (Lipinski definition) is 5. The fourth-order valence-corrected chi connectivity index (χ4v) is 6.09. The molecule has 29 heavy (non-hydrogen) atoms. The molecular weight excluding hydrogens is 394 g/mol. The number of aliphatic hydroxyl groups is 1. The minimum atomic E-state index is -3.65. The number of carbonyl (C=O) groups excluding carboxylic acids is 2. The van der Waals surface area contributed by atoms with Gasteiger partial charge in [-0.15, -0.1) is 0 Å². The van der Waals surface area contributed by atoms with E-state index in [2.05, 4.69) is 10.6 Å². The lowest BCUT2D eigenvalue weighted by Crippen LogP contribution is -2.46. The first-order valence-electron chi connectivity index (χ1n) is 9.95. The van der Waals surface area contributed by atoms with Gasteiger partial charge in [-0.2, -0.15) is 4.31 Å². The molecule has 1 aromatic carbocycles. The van der Waals surface area contributed by atoms with Crippen molar-refractivity contribution in [3.63, 3.8) is 0 Å². The number of sulfonamides is 1. The Morgan fingerprint density at radius 3 is 2.24 bits per heavy atom. The van der Waals surface area contributed by atoms with E-state index in [4.69, 9.17) is 5.11 Å². The van der Waals surface area contributed by atoms with Gasteiger partial charge in [0, 0.05) is 25.7 Å². The van der Waals surface area contributed by atoms with Gasteiger partial charge in [0.1, 0.15) is 0 Å². The third-order valence-corrected chi connectivity index (χ3v) is 7.37. The third-order valence-electron chi connectivity index (χ3n) is 5.11. The quantitative estimate of drug-likeness (QED) is 0.558. The van der Waals surface area contributed by atoms with Crippen LogP contribution in [0.4, 0.5) is 0 Å². The number of aliphatic hydroxyl groups excluding tert-OH is 1. The molecule has 8 nitrogen and oxygen atoms in total. The van der Waals surface area contributed by atoms with E-state index in [0.717, 1.165) is 36.0 Å². The Hall–Kier alpha value is -1.97. The van der Waals surface area contributed by atoms with Gasteiger partial charge in [0.2, 0.25) is 10.0 Å². The highest BCUT2D eigenvalue weighted by molar-refractivity contribution is 7.89. The van der Waals surface area contributed by atoms with Gasteiger partial charge in [0.15, 0.2) is 0 Å². The lowest BCUT2D eigenvalue weighted by Gasteiger charge is -2.35. The van der Waals surface area contributed by atoms with Crippen molar-refractivity contribution >= 4 is 21.8 Å². The molecule has 1 atom stereocenters. The number of nitrogens with zero attached hydrogens (tertiary/aromatic N) is 1. The summed E-state index contributed by atoms with van der Waals surface area (Å²) in [4.78, 5) is 23.7. The summed E-state index contributed by atoms with van der Waals surface area (Å²) < 4.78 is 28.4. The van der Waals surface area contributed by atoms with Gasteiger partial charge < -0.3 is 15.7 Å². The zero-order chi connectivity index (χ0) is 21.6. The molecule has 162 valence electrons. The molecule has 1 fully saturated rings. The Morgan fingerprint density at radius 2 is 1.66 bits per heavy atom. The molecular formula is C20H31N3O5S. The van der Waals surface area contributed by atoms with E-state index in [1.807, 2.05) is 32.9 Å². The number of carbonyl (C=O) groups is 2. The molecule has 1 aromatic rings. The summed E-state index contributed by atoms with van der Waals surface area (Å²) in [5.41, 5.74) is 2.50. The number of benzene rings is 1. The van der Waals surface area contributed by atoms with E-state index in [1.54, 1.807) is 4.31 Å². The van der Waals surface area contributed by atoms with E-state index in [0.29, 0.717) is 17.9 Å². The zero-order valence-electron chi connectivity index (χ0n) is 17.3. The lowest BCUT2D eigenvalue weighted by molar-refractivity contribution is -0.139. The van der Waals surface area contributed by atoms with Crippen LogP contribution in [-0.4, -0.2) is 61.9 Å². The van der Waals surface area contributed by atoms with Crippen LogP contribution in [0.25, 0.3) is 0 Å². The predicted molar refractivity (Wildman–Crippen MR) is 110 cm³/mol. The maximum Gasteiger partial charge on any atom is 0.309 e. The molecule has 3 N–H and O–H groups in total. The summed E-state index contributed by atoms with van der Waals surface area (Å²) in [6.07, 6.45) is 2.88. The van der Waals surface area contributed by atoms with Gasteiger partial charge in [-0.25, -0.2) is 8.42 Å². The molecule has 0 unspecified atom stereocenters. The molecule has 0 aliphatic carbocycles. The Kier molecular flexibility index (Phi) is 8.18. The summed E-state index contributed by atoms with van der Waals surface area (Å²) >= 11 is 0. The van der Waals surface area contributed by atoms with Crippen molar-refractivity contribution in [2.75, 3.05) is 26.2 Å². The van der Waals surface area contributed by atoms with Crippen LogP contribution < -0.4 is 10.6 Å². The molecule has 9 heteroatoms. The van der Waals surface area contributed by atoms with Crippen molar-refractivity contribution < 1.29 is 23.1 Å². The monoisotopic (exact) mass is 425 g/mol. The number of amides is 2. The van der Waals surface area contributed by atoms with Crippen LogP contribution in [0.15, 0.2) is 17.0 Å². The second-order valence-electron chi connectivity index (χ2n) is 7.52. The van der Waals surface area contributed by atoms with Crippen molar-refractivity contribution in [1.29, 1.82) is 0 Å². The second-order valence-corrected chi connectivity index (χ2v) is 9.34. The molecule has 0 spiro atoms. The predicted octanol–water partition coefficient (Wildman–Crippen LogP) is 0.770. The highest BCUT2D eigenvalue weighted by Gasteiger charge is 2.35. The Morgan fingerprint density at radius 1 is 1.07 bits per heavy atom. The molecule has 1 heterocycles. The van der Waals surface area contributed by atoms with Crippen LogP contribution in [0, 0.1) is 20.8 Å². The van der Waals surface area contributed by atoms with Gasteiger partial charge in [0.25, 0.3) is 0 Å². The van der Waals surface area contributed by atoms with Gasteiger partial charge in [-0.1, -0.05) is 24.1 Å². The Bertz CT molecular complexity index is 831. The maximum atomic E-state index is 13.4. The van der Waals surface area contributed by atoms with E-state index in [9.17, 15) is 18.0 Å². The van der Waals surface area contributed by atoms with Gasteiger partial charge in [-0.3, -0.25) is 9.59 Å². The zero-order valence-corrected chi connectivity index (χ0v) is 18.1. The normalized spacial score (nSPS) is 17.7. The van der Waals surface area contributed by atoms with Crippen molar-refractivity contribution in [1.82, 2.24) is 14.9 Å². The average molecular weight is 426 g/mol. The fourth-order valence-electron chi connectivity index (χ4n) is 3.95. The summed E-state index contributed by atoms with van der Waals surface area (Å²) in [6, 6.07) is 3.53. The van der Waals surface area contributed by atoms with Crippen molar-refractivity contribution in [2.24, 2.45) is 0 Å². The first-order chi connectivity index (χ1) is 13.7. The standard InChI is InChI=1S/C20H31N3O5S/c1-14-12-15(2)18(16(3)13-14)29(27,28)23-10-5-4-6-17(23)7-8-21-19(25)20(26)22-9-11-24/h12-13,17,24H,4-11H2,1-3H3,(H,21,25)(H,22,26)/t17-/m0/s1. The van der Waals surface area contributed by atoms with Crippen LogP contribution in [0.3, 0.4) is 0 Å². The number of aryl methyl sites for hydroxylation is 3. The van der Waals surface area contributed by atoms with Crippen LogP contribution in [0.2, 0.25) is 0 Å². The minimum Gasteiger partial charge on any atom is -0.395 e. The number of rotatable bonds is 7. The largest absolute Gasteiger partial charge is 0.395 e. The van der Waals surface area contributed by atoms with Crippen LogP contribution in [0.1, 0.15) is 42.4 Å². The van der Waals surface area contributed by atoms with Gasteiger partial charge in [0.05, 0.1) is 11.5 Å². The highest BCUT2D eigenvalue weighted by atomic mass is 32.2. The van der Waals surface area contributed by atoms with E-state index < -0.39 is 21.8 Å². The van der Waals surface area contributed by atoms with E-state index >= 15 is 0 Å². The highest BCUT2D eigenvalue weighted by Crippen LogP contribution is 2.31. The summed E-state index contributed by atoms with van der Waals surface area (Å²) in [5.74, 6) is -1.59. The van der Waals surface area contributed by atoms with Crippen LogP contribution in [0.5, 0.6) is 0 Å².